The second-order valence-corrected chi connectivity index (χ2v) is 5.61. The molecule has 1 aliphatic rings. The number of amides is 2. The molecule has 1 aliphatic heterocycles. The number of piperidine rings is 1. The number of hydrogen-bond donors (Lipinski definition) is 1. The summed E-state index contributed by atoms with van der Waals surface area (Å²) in [6, 6.07) is 9.69. The highest BCUT2D eigenvalue weighted by Gasteiger charge is 2.27. The van der Waals surface area contributed by atoms with Crippen molar-refractivity contribution < 1.29 is 9.59 Å². The lowest BCUT2D eigenvalue weighted by Crippen LogP contribution is -2.44. The number of benzene rings is 1. The molecule has 1 fully saturated rings. The van der Waals surface area contributed by atoms with E-state index in [1.54, 1.807) is 19.0 Å². The van der Waals surface area contributed by atoms with Crippen LogP contribution in [-0.4, -0.2) is 55.3 Å². The second-order valence-electron chi connectivity index (χ2n) is 5.61. The molecule has 1 aromatic rings. The van der Waals surface area contributed by atoms with Crippen molar-refractivity contribution in [3.63, 3.8) is 0 Å². The van der Waals surface area contributed by atoms with Gasteiger partial charge >= 0.3 is 0 Å². The van der Waals surface area contributed by atoms with Gasteiger partial charge in [-0.15, -0.1) is 12.4 Å². The minimum absolute atomic E-state index is 0. The number of carbonyl (C=O) groups excluding carboxylic acids is 2. The number of halogens is 1. The molecular formula is C16H24ClN3O2. The number of carbonyl (C=O) groups is 2. The average Bonchev–Trinajstić information content (AvgIpc) is 2.53. The fourth-order valence-corrected chi connectivity index (χ4v) is 2.59. The summed E-state index contributed by atoms with van der Waals surface area (Å²) in [5, 5.41) is 3.13. The molecule has 0 saturated carbocycles. The summed E-state index contributed by atoms with van der Waals surface area (Å²) in [6.07, 6.45) is 1.52. The Kier molecular flexibility index (Phi) is 7.18. The van der Waals surface area contributed by atoms with Crippen molar-refractivity contribution in [2.24, 2.45) is 5.92 Å². The van der Waals surface area contributed by atoms with E-state index in [4.69, 9.17) is 0 Å². The molecule has 6 heteroatoms. The fourth-order valence-electron chi connectivity index (χ4n) is 2.59. The molecule has 22 heavy (non-hydrogen) atoms. The van der Waals surface area contributed by atoms with Crippen molar-refractivity contribution >= 4 is 29.9 Å². The maximum atomic E-state index is 12.1. The van der Waals surface area contributed by atoms with Gasteiger partial charge in [-0.3, -0.25) is 9.59 Å². The summed E-state index contributed by atoms with van der Waals surface area (Å²) in [4.78, 5) is 27.5. The van der Waals surface area contributed by atoms with Crippen LogP contribution in [0.25, 0.3) is 0 Å². The molecule has 2 amide bonds. The number of nitrogens with zero attached hydrogens (tertiary/aromatic N) is 2. The Morgan fingerprint density at radius 2 is 1.77 bits per heavy atom. The zero-order valence-electron chi connectivity index (χ0n) is 13.1. The first kappa shape index (κ1) is 18.3. The molecule has 1 aromatic carbocycles. The number of nitrogens with one attached hydrogen (secondary N) is 1. The van der Waals surface area contributed by atoms with Crippen LogP contribution in [0.4, 0.5) is 5.69 Å². The smallest absolute Gasteiger partial charge is 0.241 e. The van der Waals surface area contributed by atoms with Crippen LogP contribution < -0.4 is 5.32 Å². The summed E-state index contributed by atoms with van der Waals surface area (Å²) in [6.45, 7) is 1.63. The number of rotatable bonds is 4. The third-order valence-corrected chi connectivity index (χ3v) is 3.86. The highest BCUT2D eigenvalue weighted by Crippen LogP contribution is 2.19. The zero-order chi connectivity index (χ0) is 15.2. The van der Waals surface area contributed by atoms with E-state index in [1.807, 2.05) is 35.2 Å². The number of likely N-dealkylation sites (tertiary alicyclic amines) is 1. The largest absolute Gasteiger partial charge is 0.376 e. The molecule has 1 N–H and O–H groups in total. The van der Waals surface area contributed by atoms with Crippen molar-refractivity contribution in [2.75, 3.05) is 39.0 Å². The Morgan fingerprint density at radius 3 is 2.32 bits per heavy atom. The molecular weight excluding hydrogens is 302 g/mol. The molecule has 0 atom stereocenters. The van der Waals surface area contributed by atoms with Crippen molar-refractivity contribution in [1.82, 2.24) is 9.80 Å². The predicted molar refractivity (Wildman–Crippen MR) is 90.2 cm³/mol. The Labute approximate surface area is 138 Å². The van der Waals surface area contributed by atoms with Gasteiger partial charge < -0.3 is 15.1 Å². The van der Waals surface area contributed by atoms with Crippen LogP contribution in [0, 0.1) is 5.92 Å². The summed E-state index contributed by atoms with van der Waals surface area (Å²) >= 11 is 0. The molecule has 0 aliphatic carbocycles. The molecule has 0 bridgehead atoms. The van der Waals surface area contributed by atoms with Gasteiger partial charge in [-0.05, 0) is 25.0 Å². The van der Waals surface area contributed by atoms with E-state index in [1.165, 1.54) is 0 Å². The molecule has 0 unspecified atom stereocenters. The van der Waals surface area contributed by atoms with Gasteiger partial charge in [0.25, 0.3) is 0 Å². The summed E-state index contributed by atoms with van der Waals surface area (Å²) in [5.41, 5.74) is 0.948. The van der Waals surface area contributed by atoms with E-state index in [-0.39, 0.29) is 30.1 Å². The van der Waals surface area contributed by atoms with Crippen molar-refractivity contribution in [1.29, 1.82) is 0 Å². The molecule has 122 valence electrons. The normalized spacial score (nSPS) is 14.9. The van der Waals surface area contributed by atoms with Crippen LogP contribution in [0.5, 0.6) is 0 Å². The number of para-hydroxylation sites is 1. The van der Waals surface area contributed by atoms with Crippen LogP contribution >= 0.6 is 12.4 Å². The van der Waals surface area contributed by atoms with Crippen molar-refractivity contribution in [2.45, 2.75) is 12.8 Å². The Hall–Kier alpha value is -1.75. The van der Waals surface area contributed by atoms with Gasteiger partial charge in [-0.25, -0.2) is 0 Å². The molecule has 2 rings (SSSR count). The van der Waals surface area contributed by atoms with Crippen LogP contribution in [0.15, 0.2) is 30.3 Å². The van der Waals surface area contributed by atoms with Gasteiger partial charge in [-0.2, -0.15) is 0 Å². The van der Waals surface area contributed by atoms with E-state index in [9.17, 15) is 9.59 Å². The fraction of sp³-hybridized carbons (Fsp3) is 0.500. The van der Waals surface area contributed by atoms with Crippen LogP contribution in [-0.2, 0) is 9.59 Å². The lowest BCUT2D eigenvalue weighted by atomic mass is 9.95. The van der Waals surface area contributed by atoms with Gasteiger partial charge in [0.2, 0.25) is 11.8 Å². The molecule has 5 nitrogen and oxygen atoms in total. The highest BCUT2D eigenvalue weighted by atomic mass is 35.5. The highest BCUT2D eigenvalue weighted by molar-refractivity contribution is 5.85. The molecule has 0 spiro atoms. The standard InChI is InChI=1S/C16H23N3O2.ClH/c1-18(2)16(21)13-8-10-19(11-9-13)15(20)12-17-14-6-4-3-5-7-14;/h3-7,13,17H,8-12H2,1-2H3;1H. The van der Waals surface area contributed by atoms with Gasteiger partial charge in [0.1, 0.15) is 0 Å². The quantitative estimate of drug-likeness (QED) is 0.919. The average molecular weight is 326 g/mol. The summed E-state index contributed by atoms with van der Waals surface area (Å²) < 4.78 is 0. The first-order valence-electron chi connectivity index (χ1n) is 7.36. The minimum atomic E-state index is 0. The molecule has 1 heterocycles. The maximum Gasteiger partial charge on any atom is 0.241 e. The Morgan fingerprint density at radius 1 is 1.18 bits per heavy atom. The topological polar surface area (TPSA) is 52.7 Å². The van der Waals surface area contributed by atoms with Crippen molar-refractivity contribution in [3.8, 4) is 0 Å². The first-order chi connectivity index (χ1) is 10.1. The predicted octanol–water partition coefficient (Wildman–Crippen LogP) is 1.85. The van der Waals surface area contributed by atoms with E-state index in [2.05, 4.69) is 5.32 Å². The third-order valence-electron chi connectivity index (χ3n) is 3.86. The lowest BCUT2D eigenvalue weighted by Gasteiger charge is -2.32. The van der Waals surface area contributed by atoms with Gasteiger partial charge in [0.05, 0.1) is 6.54 Å². The van der Waals surface area contributed by atoms with E-state index < -0.39 is 0 Å². The molecule has 0 radical (unpaired) electrons. The van der Waals surface area contributed by atoms with E-state index in [0.29, 0.717) is 19.6 Å². The van der Waals surface area contributed by atoms with E-state index >= 15 is 0 Å². The number of anilines is 1. The van der Waals surface area contributed by atoms with Crippen LogP contribution in [0.2, 0.25) is 0 Å². The second kappa shape index (κ2) is 8.63. The van der Waals surface area contributed by atoms with Crippen molar-refractivity contribution in [3.05, 3.63) is 30.3 Å². The van der Waals surface area contributed by atoms with Gasteiger partial charge in [-0.1, -0.05) is 18.2 Å². The zero-order valence-corrected chi connectivity index (χ0v) is 13.9. The van der Waals surface area contributed by atoms with Crippen LogP contribution in [0.1, 0.15) is 12.8 Å². The molecule has 0 aromatic heterocycles. The number of hydrogen-bond acceptors (Lipinski definition) is 3. The Bertz CT molecular complexity index is 485. The first-order valence-corrected chi connectivity index (χ1v) is 7.36. The minimum Gasteiger partial charge on any atom is -0.376 e. The Balaban J connectivity index is 0.00000242. The van der Waals surface area contributed by atoms with Gasteiger partial charge in [0.15, 0.2) is 0 Å². The summed E-state index contributed by atoms with van der Waals surface area (Å²) in [7, 11) is 3.56. The maximum absolute atomic E-state index is 12.1. The SMILES string of the molecule is CN(C)C(=O)C1CCN(C(=O)CNc2ccccc2)CC1.Cl. The van der Waals surface area contributed by atoms with E-state index in [0.717, 1.165) is 18.5 Å². The summed E-state index contributed by atoms with van der Waals surface area (Å²) in [5.74, 6) is 0.324. The van der Waals surface area contributed by atoms with Gasteiger partial charge in [0, 0.05) is 38.8 Å². The monoisotopic (exact) mass is 325 g/mol. The van der Waals surface area contributed by atoms with Crippen LogP contribution in [0.3, 0.4) is 0 Å². The third kappa shape index (κ3) is 4.91. The molecule has 1 saturated heterocycles. The lowest BCUT2D eigenvalue weighted by molar-refractivity contribution is -0.138.